The minimum absolute atomic E-state index is 0.00818. The maximum Gasteiger partial charge on any atom is 0.255 e. The van der Waals surface area contributed by atoms with Crippen LogP contribution in [-0.4, -0.2) is 27.9 Å². The van der Waals surface area contributed by atoms with Gasteiger partial charge in [-0.15, -0.1) is 0 Å². The Balaban J connectivity index is 1.62. The van der Waals surface area contributed by atoms with Gasteiger partial charge in [-0.3, -0.25) is 4.79 Å². The summed E-state index contributed by atoms with van der Waals surface area (Å²) in [6, 6.07) is 12.1. The molecule has 0 radical (unpaired) electrons. The fraction of sp³-hybridized carbons (Fsp3) is 0.400. The van der Waals surface area contributed by atoms with Gasteiger partial charge in [0.05, 0.1) is 5.56 Å². The number of hydrogen-bond acceptors (Lipinski definition) is 7. The van der Waals surface area contributed by atoms with Crippen LogP contribution >= 0.6 is 11.5 Å². The molecule has 3 heterocycles. The van der Waals surface area contributed by atoms with E-state index in [2.05, 4.69) is 64.6 Å². The van der Waals surface area contributed by atoms with Crippen molar-refractivity contribution in [2.75, 3.05) is 17.2 Å². The van der Waals surface area contributed by atoms with Gasteiger partial charge in [-0.2, -0.15) is 4.37 Å². The van der Waals surface area contributed by atoms with Crippen LogP contribution in [0, 0.1) is 0 Å². The lowest BCUT2D eigenvalue weighted by Crippen LogP contribution is -2.30. The van der Waals surface area contributed by atoms with Crippen molar-refractivity contribution < 1.29 is 4.79 Å². The molecule has 1 amide bonds. The molecule has 0 bridgehead atoms. The zero-order valence-electron chi connectivity index (χ0n) is 19.9. The number of nitrogens with one attached hydrogen (secondary N) is 4. The molecule has 7 nitrogen and oxygen atoms in total. The number of carbonyl (C=O) groups excluding carboxylic acids is 1. The van der Waals surface area contributed by atoms with Crippen LogP contribution in [0.4, 0.5) is 23.1 Å². The van der Waals surface area contributed by atoms with E-state index in [0.717, 1.165) is 30.1 Å². The predicted molar refractivity (Wildman–Crippen MR) is 136 cm³/mol. The molecule has 2 aromatic heterocycles. The quantitative estimate of drug-likeness (QED) is 0.405. The highest BCUT2D eigenvalue weighted by molar-refractivity contribution is 7.06. The van der Waals surface area contributed by atoms with E-state index < -0.39 is 0 Å². The molecule has 0 fully saturated rings. The van der Waals surface area contributed by atoms with Crippen molar-refractivity contribution in [3.63, 3.8) is 0 Å². The van der Waals surface area contributed by atoms with E-state index in [1.165, 1.54) is 22.7 Å². The van der Waals surface area contributed by atoms with Crippen molar-refractivity contribution in [2.45, 2.75) is 59.0 Å². The maximum absolute atomic E-state index is 12.8. The Morgan fingerprint density at radius 3 is 2.61 bits per heavy atom. The summed E-state index contributed by atoms with van der Waals surface area (Å²) < 4.78 is 4.53. The van der Waals surface area contributed by atoms with Crippen LogP contribution in [-0.2, 0) is 18.4 Å². The van der Waals surface area contributed by atoms with Crippen LogP contribution in [0.25, 0.3) is 0 Å². The molecule has 3 aromatic rings. The van der Waals surface area contributed by atoms with Crippen LogP contribution in [0.15, 0.2) is 36.4 Å². The lowest BCUT2D eigenvalue weighted by Gasteiger charge is -2.18. The summed E-state index contributed by atoms with van der Waals surface area (Å²) in [5, 5.41) is 13.0. The number of aromatic nitrogens is 2. The highest BCUT2D eigenvalue weighted by Gasteiger charge is 2.20. The third-order valence-electron chi connectivity index (χ3n) is 5.42. The minimum Gasteiger partial charge on any atom is -0.350 e. The number of fused-ring (bicyclic) bond motifs is 1. The molecule has 0 saturated carbocycles. The van der Waals surface area contributed by atoms with Gasteiger partial charge in [-0.05, 0) is 85.2 Å². The second-order valence-electron chi connectivity index (χ2n) is 9.71. The van der Waals surface area contributed by atoms with E-state index in [0.29, 0.717) is 23.0 Å². The number of nitrogens with zero attached hydrogens (tertiary/aromatic N) is 2. The Kier molecular flexibility index (Phi) is 6.67. The third-order valence-corrected chi connectivity index (χ3v) is 6.64. The molecular formula is C25H32N6OS. The number of pyridine rings is 1. The lowest BCUT2D eigenvalue weighted by molar-refractivity contribution is 0.0943. The number of benzene rings is 1. The number of carbonyl (C=O) groups is 1. The molecule has 0 spiro atoms. The highest BCUT2D eigenvalue weighted by Crippen LogP contribution is 2.31. The average Bonchev–Trinajstić information content (AvgIpc) is 3.22. The number of amides is 1. The van der Waals surface area contributed by atoms with Gasteiger partial charge in [0.1, 0.15) is 17.5 Å². The molecule has 1 aliphatic heterocycles. The average molecular weight is 465 g/mol. The molecule has 0 saturated heterocycles. The Bertz CT molecular complexity index is 1150. The highest BCUT2D eigenvalue weighted by atomic mass is 32.1. The summed E-state index contributed by atoms with van der Waals surface area (Å²) in [4.78, 5) is 18.7. The van der Waals surface area contributed by atoms with Crippen LogP contribution < -0.4 is 21.3 Å². The first kappa shape index (κ1) is 23.2. The number of anilines is 4. The Hall–Kier alpha value is -2.97. The molecule has 4 N–H and O–H groups in total. The summed E-state index contributed by atoms with van der Waals surface area (Å²) in [6.45, 7) is 12.3. The van der Waals surface area contributed by atoms with Crippen LogP contribution in [0.1, 0.15) is 61.0 Å². The van der Waals surface area contributed by atoms with E-state index in [4.69, 9.17) is 4.98 Å². The molecular weight excluding hydrogens is 432 g/mol. The largest absolute Gasteiger partial charge is 0.350 e. The van der Waals surface area contributed by atoms with Crippen molar-refractivity contribution in [2.24, 2.45) is 0 Å². The van der Waals surface area contributed by atoms with Crippen LogP contribution in [0.2, 0.25) is 0 Å². The van der Waals surface area contributed by atoms with Crippen molar-refractivity contribution >= 4 is 40.6 Å². The Morgan fingerprint density at radius 2 is 1.88 bits per heavy atom. The zero-order chi connectivity index (χ0) is 23.6. The van der Waals surface area contributed by atoms with Crippen LogP contribution in [0.3, 0.4) is 0 Å². The lowest BCUT2D eigenvalue weighted by atomic mass is 9.95. The fourth-order valence-electron chi connectivity index (χ4n) is 3.66. The standard InChI is InChI=1S/C25H32N6OS/c1-15(2)27-24(32)19-8-9-21(28-18-7-6-17-14-26-11-10-16(17)12-18)29-23(19)30-22-13-20(33-31-22)25(3,4)5/h6-9,12-13,15,26H,10-11,14H2,1-5H3,(H,27,32)(H2,28,29,30,31). The van der Waals surface area contributed by atoms with Crippen LogP contribution in [0.5, 0.6) is 0 Å². The topological polar surface area (TPSA) is 91.0 Å². The first-order valence-corrected chi connectivity index (χ1v) is 12.1. The van der Waals surface area contributed by atoms with E-state index >= 15 is 0 Å². The SMILES string of the molecule is CC(C)NC(=O)c1ccc(Nc2ccc3c(c2)CCNC3)nc1Nc1cc(C(C)(C)C)sn1. The summed E-state index contributed by atoms with van der Waals surface area (Å²) in [5.41, 5.74) is 4.16. The van der Waals surface area contributed by atoms with E-state index in [9.17, 15) is 4.79 Å². The van der Waals surface area contributed by atoms with Gasteiger partial charge >= 0.3 is 0 Å². The summed E-state index contributed by atoms with van der Waals surface area (Å²) in [7, 11) is 0. The molecule has 174 valence electrons. The van der Waals surface area contributed by atoms with Gasteiger partial charge in [0.2, 0.25) is 0 Å². The zero-order valence-corrected chi connectivity index (χ0v) is 20.7. The fourth-order valence-corrected chi connectivity index (χ4v) is 4.39. The Labute approximate surface area is 199 Å². The van der Waals surface area contributed by atoms with Crippen molar-refractivity contribution in [3.05, 3.63) is 58.0 Å². The normalized spacial score (nSPS) is 13.5. The second kappa shape index (κ2) is 9.49. The van der Waals surface area contributed by atoms with E-state index in [1.807, 2.05) is 26.0 Å². The molecule has 0 atom stereocenters. The van der Waals surface area contributed by atoms with Crippen molar-refractivity contribution in [1.29, 1.82) is 0 Å². The van der Waals surface area contributed by atoms with E-state index in [1.54, 1.807) is 6.07 Å². The van der Waals surface area contributed by atoms with Crippen molar-refractivity contribution in [3.8, 4) is 0 Å². The minimum atomic E-state index is -0.167. The first-order valence-electron chi connectivity index (χ1n) is 11.3. The maximum atomic E-state index is 12.8. The van der Waals surface area contributed by atoms with E-state index in [-0.39, 0.29) is 17.4 Å². The molecule has 1 aliphatic rings. The van der Waals surface area contributed by atoms with Gasteiger partial charge in [-0.25, -0.2) is 4.98 Å². The van der Waals surface area contributed by atoms with Gasteiger partial charge in [0.25, 0.3) is 5.91 Å². The number of hydrogen-bond donors (Lipinski definition) is 4. The van der Waals surface area contributed by atoms with Gasteiger partial charge < -0.3 is 21.3 Å². The molecule has 1 aromatic carbocycles. The monoisotopic (exact) mass is 464 g/mol. The summed E-state index contributed by atoms with van der Waals surface area (Å²) >= 11 is 1.46. The number of rotatable bonds is 6. The third kappa shape index (κ3) is 5.69. The first-order chi connectivity index (χ1) is 15.7. The smallest absolute Gasteiger partial charge is 0.255 e. The molecule has 4 rings (SSSR count). The second-order valence-corrected chi connectivity index (χ2v) is 10.5. The van der Waals surface area contributed by atoms with Gasteiger partial charge in [0, 0.05) is 23.2 Å². The molecule has 0 unspecified atom stereocenters. The molecule has 8 heteroatoms. The van der Waals surface area contributed by atoms with Gasteiger partial charge in [-0.1, -0.05) is 26.8 Å². The summed E-state index contributed by atoms with van der Waals surface area (Å²) in [6.07, 6.45) is 1.01. The van der Waals surface area contributed by atoms with Gasteiger partial charge in [0.15, 0.2) is 0 Å². The van der Waals surface area contributed by atoms with Crippen molar-refractivity contribution in [1.82, 2.24) is 20.0 Å². The Morgan fingerprint density at radius 1 is 1.06 bits per heavy atom. The molecule has 33 heavy (non-hydrogen) atoms. The predicted octanol–water partition coefficient (Wildman–Crippen LogP) is 5.11. The summed E-state index contributed by atoms with van der Waals surface area (Å²) in [5.74, 6) is 1.67. The molecule has 0 aliphatic carbocycles.